The van der Waals surface area contributed by atoms with E-state index in [1.165, 1.54) is 0 Å². The molecule has 0 aromatic heterocycles. The summed E-state index contributed by atoms with van der Waals surface area (Å²) in [6.45, 7) is 7.95. The molecule has 0 spiro atoms. The average Bonchev–Trinajstić information content (AvgIpc) is 3.14. The molecule has 0 aliphatic carbocycles. The van der Waals surface area contributed by atoms with Gasteiger partial charge in [-0.05, 0) is 134 Å². The van der Waals surface area contributed by atoms with E-state index in [0.717, 1.165) is 33.4 Å². The Kier molecular flexibility index (Phi) is 9.63. The predicted molar refractivity (Wildman–Crippen MR) is 194 cm³/mol. The van der Waals surface area contributed by atoms with Crippen LogP contribution in [0.2, 0.25) is 0 Å². The third kappa shape index (κ3) is 7.20. The van der Waals surface area contributed by atoms with Crippen molar-refractivity contribution in [1.82, 2.24) is 0 Å². The number of rotatable bonds is 11. The van der Waals surface area contributed by atoms with Crippen molar-refractivity contribution >= 4 is 23.1 Å². The largest absolute Gasteiger partial charge is 0.457 e. The van der Waals surface area contributed by atoms with Gasteiger partial charge in [0.15, 0.2) is 0 Å². The Morgan fingerprint density at radius 1 is 0.360 bits per heavy atom. The Morgan fingerprint density at radius 2 is 0.620 bits per heavy atom. The summed E-state index contributed by atoms with van der Waals surface area (Å²) < 4.78 is 12.5. The summed E-state index contributed by atoms with van der Waals surface area (Å²) in [5.41, 5.74) is 7.13. The monoisotopic (exact) mass is 658 g/mol. The van der Waals surface area contributed by atoms with Crippen molar-refractivity contribution in [2.45, 2.75) is 27.7 Å². The number of Topliss-reactive ketones (excluding diaryl/α,β-unsaturated/α-hetero) is 4. The molecular weight excluding hydrogens is 624 g/mol. The molecule has 0 aliphatic heterocycles. The van der Waals surface area contributed by atoms with E-state index >= 15 is 0 Å². The molecule has 50 heavy (non-hydrogen) atoms. The first kappa shape index (κ1) is 33.5. The van der Waals surface area contributed by atoms with E-state index in [9.17, 15) is 19.2 Å². The Morgan fingerprint density at radius 3 is 0.900 bits per heavy atom. The van der Waals surface area contributed by atoms with E-state index in [1.807, 2.05) is 27.7 Å². The summed E-state index contributed by atoms with van der Waals surface area (Å²) in [6.07, 6.45) is 0. The van der Waals surface area contributed by atoms with Gasteiger partial charge < -0.3 is 9.47 Å². The van der Waals surface area contributed by atoms with Crippen LogP contribution in [0, 0.1) is 27.7 Å². The third-order valence-corrected chi connectivity index (χ3v) is 8.41. The van der Waals surface area contributed by atoms with E-state index in [4.69, 9.17) is 9.47 Å². The van der Waals surface area contributed by atoms with Crippen LogP contribution in [-0.2, 0) is 0 Å². The summed E-state index contributed by atoms with van der Waals surface area (Å²) in [5.74, 6) is 0.315. The highest BCUT2D eigenvalue weighted by Gasteiger charge is 2.20. The summed E-state index contributed by atoms with van der Waals surface area (Å²) >= 11 is 0. The minimum absolute atomic E-state index is 0.301. The first-order valence-corrected chi connectivity index (χ1v) is 16.2. The third-order valence-electron chi connectivity index (χ3n) is 8.41. The van der Waals surface area contributed by atoms with Crippen molar-refractivity contribution in [3.05, 3.63) is 178 Å². The van der Waals surface area contributed by atoms with E-state index in [-0.39, 0.29) is 0 Å². The quantitative estimate of drug-likeness (QED) is 0.102. The fourth-order valence-corrected chi connectivity index (χ4v) is 5.84. The summed E-state index contributed by atoms with van der Waals surface area (Å²) in [4.78, 5) is 50.6. The number of benzene rings is 6. The molecule has 6 nitrogen and oxygen atoms in total. The van der Waals surface area contributed by atoms with E-state index in [2.05, 4.69) is 24.3 Å². The number of hydrogen-bond acceptors (Lipinski definition) is 6. The second-order valence-electron chi connectivity index (χ2n) is 12.2. The molecule has 6 aromatic rings. The number of ketones is 4. The predicted octanol–water partition coefficient (Wildman–Crippen LogP) is 10.3. The molecule has 0 N–H and O–H groups in total. The molecule has 0 heterocycles. The second kappa shape index (κ2) is 14.4. The van der Waals surface area contributed by atoms with Crippen LogP contribution in [0.1, 0.15) is 63.7 Å². The van der Waals surface area contributed by atoms with E-state index in [1.54, 1.807) is 109 Å². The topological polar surface area (TPSA) is 86.7 Å². The molecule has 6 aromatic carbocycles. The highest BCUT2D eigenvalue weighted by molar-refractivity contribution is 6.49. The van der Waals surface area contributed by atoms with Crippen LogP contribution in [0.4, 0.5) is 0 Å². The summed E-state index contributed by atoms with van der Waals surface area (Å²) in [6, 6.07) is 38.5. The molecule has 6 rings (SSSR count). The number of hydrogen-bond donors (Lipinski definition) is 0. The van der Waals surface area contributed by atoms with Crippen LogP contribution in [0.25, 0.3) is 11.1 Å². The van der Waals surface area contributed by atoms with Gasteiger partial charge in [-0.15, -0.1) is 0 Å². The van der Waals surface area contributed by atoms with Gasteiger partial charge in [0, 0.05) is 22.3 Å². The van der Waals surface area contributed by atoms with Gasteiger partial charge in [0.05, 0.1) is 0 Å². The molecule has 0 bridgehead atoms. The van der Waals surface area contributed by atoms with Gasteiger partial charge in [-0.25, -0.2) is 0 Å². The standard InChI is InChI=1S/C44H34O6/c1-27-23-35(24-28(2)43(27)49-37-19-15-33(16-20-37)41(47)39(45)31-11-7-5-8-12-31)36-25-29(3)44(30(4)26-36)50-38-21-17-34(18-22-38)42(48)40(46)32-13-9-6-10-14-32/h5-26H,1-4H3. The highest BCUT2D eigenvalue weighted by Crippen LogP contribution is 2.37. The SMILES string of the molecule is Cc1cc(-c2cc(C)c(Oc3ccc(C(=O)C(=O)c4ccccc4)cc3)c(C)c2)cc(C)c1Oc1ccc(C(=O)C(=O)c2ccccc2)cc1. The van der Waals surface area contributed by atoms with Crippen LogP contribution >= 0.6 is 0 Å². The molecule has 6 heteroatoms. The maximum atomic E-state index is 12.7. The van der Waals surface area contributed by atoms with Crippen molar-refractivity contribution < 1.29 is 28.7 Å². The average molecular weight is 659 g/mol. The second-order valence-corrected chi connectivity index (χ2v) is 12.2. The highest BCUT2D eigenvalue weighted by atomic mass is 16.5. The van der Waals surface area contributed by atoms with Crippen molar-refractivity contribution in [1.29, 1.82) is 0 Å². The van der Waals surface area contributed by atoms with Crippen LogP contribution in [0.5, 0.6) is 23.0 Å². The molecule has 0 fully saturated rings. The molecule has 0 unspecified atom stereocenters. The molecule has 0 aliphatic rings. The van der Waals surface area contributed by atoms with Crippen molar-refractivity contribution in [3.8, 4) is 34.1 Å². The van der Waals surface area contributed by atoms with Crippen LogP contribution in [-0.4, -0.2) is 23.1 Å². The summed E-state index contributed by atoms with van der Waals surface area (Å²) in [5, 5.41) is 0. The Hall–Kier alpha value is -6.40. The smallest absolute Gasteiger partial charge is 0.233 e. The first-order chi connectivity index (χ1) is 24.1. The van der Waals surface area contributed by atoms with Crippen molar-refractivity contribution in [2.75, 3.05) is 0 Å². The number of carbonyl (C=O) groups is 4. The van der Waals surface area contributed by atoms with Gasteiger partial charge in [0.25, 0.3) is 0 Å². The van der Waals surface area contributed by atoms with Gasteiger partial charge in [0.1, 0.15) is 23.0 Å². The van der Waals surface area contributed by atoms with Gasteiger partial charge >= 0.3 is 0 Å². The van der Waals surface area contributed by atoms with Gasteiger partial charge in [-0.2, -0.15) is 0 Å². The number of aryl methyl sites for hydroxylation is 4. The van der Waals surface area contributed by atoms with Crippen LogP contribution in [0.15, 0.2) is 133 Å². The maximum absolute atomic E-state index is 12.7. The Balaban J connectivity index is 1.14. The van der Waals surface area contributed by atoms with Gasteiger partial charge in [-0.1, -0.05) is 60.7 Å². The van der Waals surface area contributed by atoms with Crippen molar-refractivity contribution in [3.63, 3.8) is 0 Å². The lowest BCUT2D eigenvalue weighted by Gasteiger charge is -2.17. The van der Waals surface area contributed by atoms with Crippen molar-refractivity contribution in [2.24, 2.45) is 0 Å². The zero-order chi connectivity index (χ0) is 35.4. The lowest BCUT2D eigenvalue weighted by Crippen LogP contribution is -2.14. The zero-order valence-electron chi connectivity index (χ0n) is 28.2. The number of ether oxygens (including phenoxy) is 2. The Bertz CT molecular complexity index is 2030. The number of carbonyl (C=O) groups excluding carboxylic acids is 4. The lowest BCUT2D eigenvalue weighted by molar-refractivity contribution is 0.0817. The molecule has 0 radical (unpaired) electrons. The molecule has 246 valence electrons. The minimum Gasteiger partial charge on any atom is -0.457 e. The molecule has 0 saturated carbocycles. The fraction of sp³-hybridized carbons (Fsp3) is 0.0909. The molecule has 0 atom stereocenters. The van der Waals surface area contributed by atoms with E-state index < -0.39 is 23.1 Å². The zero-order valence-corrected chi connectivity index (χ0v) is 28.2. The molecular formula is C44H34O6. The summed E-state index contributed by atoms with van der Waals surface area (Å²) in [7, 11) is 0. The van der Waals surface area contributed by atoms with Crippen LogP contribution in [0.3, 0.4) is 0 Å². The first-order valence-electron chi connectivity index (χ1n) is 16.2. The molecule has 0 saturated heterocycles. The van der Waals surface area contributed by atoms with E-state index in [0.29, 0.717) is 45.3 Å². The normalized spacial score (nSPS) is 10.7. The van der Waals surface area contributed by atoms with Crippen LogP contribution < -0.4 is 9.47 Å². The maximum Gasteiger partial charge on any atom is 0.233 e. The van der Waals surface area contributed by atoms with Gasteiger partial charge in [-0.3, -0.25) is 19.2 Å². The minimum atomic E-state index is -0.567. The van der Waals surface area contributed by atoms with Gasteiger partial charge in [0.2, 0.25) is 23.1 Å². The fourth-order valence-electron chi connectivity index (χ4n) is 5.84. The lowest BCUT2D eigenvalue weighted by atomic mass is 9.96. The molecule has 0 amide bonds. The Labute approximate surface area is 291 Å².